The highest BCUT2D eigenvalue weighted by molar-refractivity contribution is 5.71. The van der Waals surface area contributed by atoms with E-state index >= 15 is 0 Å². The predicted molar refractivity (Wildman–Crippen MR) is 101 cm³/mol. The topological polar surface area (TPSA) is 28.2 Å². The molecule has 0 aliphatic carbocycles. The second-order valence-electron chi connectivity index (χ2n) is 6.45. The zero-order chi connectivity index (χ0) is 16.8. The number of benzene rings is 1. The number of hydrogen-bond donors (Lipinski definition) is 1. The lowest BCUT2D eigenvalue weighted by atomic mass is 10.0. The van der Waals surface area contributed by atoms with Crippen LogP contribution in [0.4, 0.5) is 11.5 Å². The maximum Gasteiger partial charge on any atom is 0.128 e. The summed E-state index contributed by atoms with van der Waals surface area (Å²) in [6.07, 6.45) is 3.19. The van der Waals surface area contributed by atoms with Crippen LogP contribution in [0.3, 0.4) is 0 Å². The summed E-state index contributed by atoms with van der Waals surface area (Å²) in [5, 5.41) is 3.20. The van der Waals surface area contributed by atoms with E-state index in [9.17, 15) is 0 Å². The van der Waals surface area contributed by atoms with Gasteiger partial charge in [-0.15, -0.1) is 0 Å². The summed E-state index contributed by atoms with van der Waals surface area (Å²) in [4.78, 5) is 7.05. The molecule has 1 N–H and O–H groups in total. The Labute approximate surface area is 140 Å². The van der Waals surface area contributed by atoms with Gasteiger partial charge in [-0.25, -0.2) is 4.98 Å². The SMILES string of the molecule is CCN(CCC(C)C)c1ccc(-c2cc(NC)ccc2C)cn1. The highest BCUT2D eigenvalue weighted by Crippen LogP contribution is 2.27. The molecule has 0 atom stereocenters. The summed E-state index contributed by atoms with van der Waals surface area (Å²) in [5.74, 6) is 1.79. The van der Waals surface area contributed by atoms with Gasteiger partial charge >= 0.3 is 0 Å². The van der Waals surface area contributed by atoms with Gasteiger partial charge < -0.3 is 10.2 Å². The van der Waals surface area contributed by atoms with Gasteiger partial charge in [0.2, 0.25) is 0 Å². The molecule has 0 aliphatic rings. The molecule has 0 aliphatic heterocycles. The number of rotatable bonds is 7. The average molecular weight is 311 g/mol. The zero-order valence-corrected chi connectivity index (χ0v) is 15.1. The van der Waals surface area contributed by atoms with Crippen molar-refractivity contribution in [2.75, 3.05) is 30.4 Å². The maximum absolute atomic E-state index is 4.71. The quantitative estimate of drug-likeness (QED) is 0.782. The standard InChI is InChI=1S/C20H29N3/c1-6-23(12-11-15(2)3)20-10-8-17(14-22-20)19-13-18(21-5)9-7-16(19)4/h7-10,13-15,21H,6,11-12H2,1-5H3. The van der Waals surface area contributed by atoms with Crippen LogP contribution >= 0.6 is 0 Å². The van der Waals surface area contributed by atoms with Crippen molar-refractivity contribution in [1.82, 2.24) is 4.98 Å². The zero-order valence-electron chi connectivity index (χ0n) is 15.1. The fraction of sp³-hybridized carbons (Fsp3) is 0.450. The third-order valence-electron chi connectivity index (χ3n) is 4.27. The van der Waals surface area contributed by atoms with Gasteiger partial charge in [0.25, 0.3) is 0 Å². The molecule has 23 heavy (non-hydrogen) atoms. The summed E-state index contributed by atoms with van der Waals surface area (Å²) in [6, 6.07) is 10.8. The number of pyridine rings is 1. The molecule has 0 spiro atoms. The van der Waals surface area contributed by atoms with Gasteiger partial charge in [0.1, 0.15) is 5.82 Å². The number of aromatic nitrogens is 1. The molecule has 3 heteroatoms. The van der Waals surface area contributed by atoms with E-state index in [0.29, 0.717) is 0 Å². The lowest BCUT2D eigenvalue weighted by Crippen LogP contribution is -2.25. The monoisotopic (exact) mass is 311 g/mol. The summed E-state index contributed by atoms with van der Waals surface area (Å²) in [7, 11) is 1.95. The molecular weight excluding hydrogens is 282 g/mol. The first-order chi connectivity index (χ1) is 11.0. The van der Waals surface area contributed by atoms with Crippen LogP contribution in [-0.4, -0.2) is 25.1 Å². The first kappa shape index (κ1) is 17.3. The van der Waals surface area contributed by atoms with Crippen molar-refractivity contribution in [3.8, 4) is 11.1 Å². The lowest BCUT2D eigenvalue weighted by Gasteiger charge is -2.23. The van der Waals surface area contributed by atoms with Gasteiger partial charge in [-0.2, -0.15) is 0 Å². The summed E-state index contributed by atoms with van der Waals surface area (Å²) in [6.45, 7) is 10.9. The van der Waals surface area contributed by atoms with E-state index in [2.05, 4.69) is 68.2 Å². The molecular formula is C20H29N3. The number of nitrogens with zero attached hydrogens (tertiary/aromatic N) is 2. The van der Waals surface area contributed by atoms with Crippen LogP contribution in [0, 0.1) is 12.8 Å². The predicted octanol–water partition coefficient (Wildman–Crippen LogP) is 4.97. The van der Waals surface area contributed by atoms with Crippen LogP contribution < -0.4 is 10.2 Å². The number of hydrogen-bond acceptors (Lipinski definition) is 3. The van der Waals surface area contributed by atoms with Crippen molar-refractivity contribution < 1.29 is 0 Å². The van der Waals surface area contributed by atoms with Crippen molar-refractivity contribution >= 4 is 11.5 Å². The molecule has 1 aromatic carbocycles. The second-order valence-corrected chi connectivity index (χ2v) is 6.45. The first-order valence-corrected chi connectivity index (χ1v) is 8.55. The van der Waals surface area contributed by atoms with Crippen LogP contribution in [-0.2, 0) is 0 Å². The molecule has 2 rings (SSSR count). The Bertz CT molecular complexity index is 617. The van der Waals surface area contributed by atoms with E-state index in [1.54, 1.807) is 0 Å². The Morgan fingerprint density at radius 1 is 1.17 bits per heavy atom. The Morgan fingerprint density at radius 3 is 2.52 bits per heavy atom. The largest absolute Gasteiger partial charge is 0.388 e. The number of nitrogens with one attached hydrogen (secondary N) is 1. The molecule has 2 aromatic rings. The van der Waals surface area contributed by atoms with Crippen molar-refractivity contribution in [2.24, 2.45) is 5.92 Å². The fourth-order valence-electron chi connectivity index (χ4n) is 2.67. The average Bonchev–Trinajstić information content (AvgIpc) is 2.56. The molecule has 1 heterocycles. The number of aryl methyl sites for hydroxylation is 1. The normalized spacial score (nSPS) is 10.9. The van der Waals surface area contributed by atoms with Crippen LogP contribution in [0.15, 0.2) is 36.5 Å². The highest BCUT2D eigenvalue weighted by atomic mass is 15.2. The molecule has 0 fully saturated rings. The minimum atomic E-state index is 0.718. The van der Waals surface area contributed by atoms with Gasteiger partial charge in [0.15, 0.2) is 0 Å². The molecule has 0 amide bonds. The van der Waals surface area contributed by atoms with Crippen LogP contribution in [0.25, 0.3) is 11.1 Å². The Kier molecular flexibility index (Phi) is 6.03. The van der Waals surface area contributed by atoms with Crippen molar-refractivity contribution in [3.05, 3.63) is 42.1 Å². The molecule has 0 saturated carbocycles. The van der Waals surface area contributed by atoms with Crippen LogP contribution in [0.1, 0.15) is 32.8 Å². The molecule has 1 aromatic heterocycles. The summed E-state index contributed by atoms with van der Waals surface area (Å²) in [5.41, 5.74) is 4.80. The molecule has 0 radical (unpaired) electrons. The fourth-order valence-corrected chi connectivity index (χ4v) is 2.67. The molecule has 3 nitrogen and oxygen atoms in total. The molecule has 124 valence electrons. The van der Waals surface area contributed by atoms with Crippen molar-refractivity contribution in [1.29, 1.82) is 0 Å². The second kappa shape index (κ2) is 8.00. The van der Waals surface area contributed by atoms with E-state index < -0.39 is 0 Å². The smallest absolute Gasteiger partial charge is 0.128 e. The van der Waals surface area contributed by atoms with Gasteiger partial charge in [0, 0.05) is 37.6 Å². The van der Waals surface area contributed by atoms with E-state index in [-0.39, 0.29) is 0 Å². The van der Waals surface area contributed by atoms with Gasteiger partial charge in [-0.05, 0) is 61.6 Å². The third kappa shape index (κ3) is 4.47. The van der Waals surface area contributed by atoms with Crippen molar-refractivity contribution in [2.45, 2.75) is 34.1 Å². The third-order valence-corrected chi connectivity index (χ3v) is 4.27. The van der Waals surface area contributed by atoms with Crippen LogP contribution in [0.2, 0.25) is 0 Å². The van der Waals surface area contributed by atoms with Crippen molar-refractivity contribution in [3.63, 3.8) is 0 Å². The number of anilines is 2. The van der Waals surface area contributed by atoms with Gasteiger partial charge in [-0.3, -0.25) is 0 Å². The molecule has 0 bridgehead atoms. The lowest BCUT2D eigenvalue weighted by molar-refractivity contribution is 0.574. The first-order valence-electron chi connectivity index (χ1n) is 8.55. The Morgan fingerprint density at radius 2 is 1.96 bits per heavy atom. The van der Waals surface area contributed by atoms with Gasteiger partial charge in [-0.1, -0.05) is 19.9 Å². The Balaban J connectivity index is 2.21. The minimum Gasteiger partial charge on any atom is -0.388 e. The minimum absolute atomic E-state index is 0.718. The van der Waals surface area contributed by atoms with E-state index in [1.807, 2.05) is 13.2 Å². The molecule has 0 saturated heterocycles. The van der Waals surface area contributed by atoms with Gasteiger partial charge in [0.05, 0.1) is 0 Å². The van der Waals surface area contributed by atoms with E-state index in [0.717, 1.165) is 30.5 Å². The Hall–Kier alpha value is -2.03. The summed E-state index contributed by atoms with van der Waals surface area (Å²) < 4.78 is 0. The summed E-state index contributed by atoms with van der Waals surface area (Å²) >= 11 is 0. The van der Waals surface area contributed by atoms with Crippen LogP contribution in [0.5, 0.6) is 0 Å². The maximum atomic E-state index is 4.71. The van der Waals surface area contributed by atoms with E-state index in [4.69, 9.17) is 4.98 Å². The highest BCUT2D eigenvalue weighted by Gasteiger charge is 2.08. The van der Waals surface area contributed by atoms with E-state index in [1.165, 1.54) is 23.1 Å². The molecule has 0 unspecified atom stereocenters.